The van der Waals surface area contributed by atoms with Gasteiger partial charge in [0.2, 0.25) is 5.91 Å². The molecule has 2 aliphatic heterocycles. The van der Waals surface area contributed by atoms with E-state index in [9.17, 15) is 18.4 Å². The number of fused-ring (bicyclic) bond motifs is 1. The van der Waals surface area contributed by atoms with E-state index in [1.165, 1.54) is 17.9 Å². The number of aromatic nitrogens is 3. The average Bonchev–Trinajstić information content (AvgIpc) is 3.35. The Kier molecular flexibility index (Phi) is 5.76. The first-order valence-electron chi connectivity index (χ1n) is 9.88. The van der Waals surface area contributed by atoms with Gasteiger partial charge in [-0.25, -0.2) is 8.78 Å². The van der Waals surface area contributed by atoms with Gasteiger partial charge in [-0.1, -0.05) is 6.07 Å². The number of halogens is 2. The molecule has 0 bridgehead atoms. The zero-order valence-corrected chi connectivity index (χ0v) is 16.5. The molecule has 2 amide bonds. The number of nitrogens with one attached hydrogen (secondary N) is 1. The minimum Gasteiger partial charge on any atom is -0.363 e. The van der Waals surface area contributed by atoms with Crippen LogP contribution in [-0.2, 0) is 23.1 Å². The van der Waals surface area contributed by atoms with Crippen LogP contribution in [-0.4, -0.2) is 56.3 Å². The predicted molar refractivity (Wildman–Crippen MR) is 102 cm³/mol. The van der Waals surface area contributed by atoms with Gasteiger partial charge in [-0.3, -0.25) is 19.3 Å². The molecule has 4 heterocycles. The van der Waals surface area contributed by atoms with Crippen molar-refractivity contribution in [2.45, 2.75) is 50.5 Å². The molecule has 30 heavy (non-hydrogen) atoms. The Bertz CT molecular complexity index is 920. The summed E-state index contributed by atoms with van der Waals surface area (Å²) in [5.41, 5.74) is 0.309. The number of rotatable bonds is 5. The standard InChI is InChI=1S/C20H23F2N5O3/c1-26-11-13(17(25-26)18(21)22)20(29)27-8-6-15-14(27)4-5-16(30-15)19(28)24-10-12-3-2-7-23-9-12/h2-3,7,9,11,14-16,18H,4-6,8,10H2,1H3,(H,24,28)/t14-,15-,16-/m1/s1. The first-order chi connectivity index (χ1) is 14.4. The number of pyridine rings is 1. The maximum Gasteiger partial charge on any atom is 0.282 e. The summed E-state index contributed by atoms with van der Waals surface area (Å²) in [7, 11) is 1.51. The topological polar surface area (TPSA) is 89.4 Å². The van der Waals surface area contributed by atoms with Gasteiger partial charge in [0.15, 0.2) is 0 Å². The van der Waals surface area contributed by atoms with Crippen LogP contribution in [0.1, 0.15) is 47.3 Å². The lowest BCUT2D eigenvalue weighted by molar-refractivity contribution is -0.143. The molecule has 0 radical (unpaired) electrons. The van der Waals surface area contributed by atoms with Crippen LogP contribution in [0.4, 0.5) is 8.78 Å². The number of aryl methyl sites for hydroxylation is 1. The van der Waals surface area contributed by atoms with Gasteiger partial charge in [-0.05, 0) is 30.9 Å². The molecular weight excluding hydrogens is 396 g/mol. The molecule has 1 N–H and O–H groups in total. The van der Waals surface area contributed by atoms with Gasteiger partial charge in [-0.2, -0.15) is 5.10 Å². The minimum absolute atomic E-state index is 0.0792. The highest BCUT2D eigenvalue weighted by atomic mass is 19.3. The quantitative estimate of drug-likeness (QED) is 0.799. The Balaban J connectivity index is 1.37. The first kappa shape index (κ1) is 20.4. The van der Waals surface area contributed by atoms with Crippen molar-refractivity contribution in [3.05, 3.63) is 47.5 Å². The summed E-state index contributed by atoms with van der Waals surface area (Å²) in [5, 5.41) is 6.57. The van der Waals surface area contributed by atoms with Crippen molar-refractivity contribution >= 4 is 11.8 Å². The second kappa shape index (κ2) is 8.47. The van der Waals surface area contributed by atoms with Gasteiger partial charge in [0.1, 0.15) is 11.8 Å². The summed E-state index contributed by atoms with van der Waals surface area (Å²) < 4.78 is 33.7. The maximum atomic E-state index is 13.2. The van der Waals surface area contributed by atoms with Crippen molar-refractivity contribution in [3.63, 3.8) is 0 Å². The van der Waals surface area contributed by atoms with E-state index in [0.717, 1.165) is 5.56 Å². The van der Waals surface area contributed by atoms with Crippen LogP contribution in [0.15, 0.2) is 30.7 Å². The number of nitrogens with zero attached hydrogens (tertiary/aromatic N) is 4. The third-order valence-corrected chi connectivity index (χ3v) is 5.58. The van der Waals surface area contributed by atoms with Crippen molar-refractivity contribution in [2.75, 3.05) is 6.54 Å². The molecule has 8 nitrogen and oxygen atoms in total. The number of ether oxygens (including phenoxy) is 1. The molecule has 0 unspecified atom stereocenters. The molecule has 10 heteroatoms. The Hall–Kier alpha value is -2.88. The summed E-state index contributed by atoms with van der Waals surface area (Å²) in [6.45, 7) is 0.762. The Morgan fingerprint density at radius 2 is 2.17 bits per heavy atom. The molecule has 0 spiro atoms. The largest absolute Gasteiger partial charge is 0.363 e. The van der Waals surface area contributed by atoms with Gasteiger partial charge in [-0.15, -0.1) is 0 Å². The summed E-state index contributed by atoms with van der Waals surface area (Å²) in [6.07, 6.45) is 2.58. The Morgan fingerprint density at radius 3 is 2.90 bits per heavy atom. The van der Waals surface area contributed by atoms with Crippen LogP contribution in [0, 0.1) is 0 Å². The number of hydrogen-bond acceptors (Lipinski definition) is 5. The molecular formula is C20H23F2N5O3. The SMILES string of the molecule is Cn1cc(C(=O)N2CC[C@H]3O[C@@H](C(=O)NCc4cccnc4)CC[C@H]32)c(C(F)F)n1. The lowest BCUT2D eigenvalue weighted by atomic mass is 9.98. The molecule has 2 aliphatic rings. The lowest BCUT2D eigenvalue weighted by Crippen LogP contribution is -2.49. The Labute approximate surface area is 172 Å². The molecule has 0 aliphatic carbocycles. The molecule has 2 fully saturated rings. The third kappa shape index (κ3) is 4.04. The fraction of sp³-hybridized carbons (Fsp3) is 0.500. The monoisotopic (exact) mass is 419 g/mol. The lowest BCUT2D eigenvalue weighted by Gasteiger charge is -2.35. The molecule has 3 atom stereocenters. The normalized spacial score (nSPS) is 23.5. The molecule has 0 saturated carbocycles. The van der Waals surface area contributed by atoms with Gasteiger partial charge in [0.05, 0.1) is 17.7 Å². The smallest absolute Gasteiger partial charge is 0.282 e. The maximum absolute atomic E-state index is 13.2. The molecule has 160 valence electrons. The van der Waals surface area contributed by atoms with Crippen molar-refractivity contribution < 1.29 is 23.1 Å². The molecule has 2 aromatic rings. The number of carbonyl (C=O) groups is 2. The molecule has 0 aromatic carbocycles. The van der Waals surface area contributed by atoms with Crippen LogP contribution in [0.25, 0.3) is 0 Å². The highest BCUT2D eigenvalue weighted by Gasteiger charge is 2.44. The second-order valence-electron chi connectivity index (χ2n) is 7.58. The summed E-state index contributed by atoms with van der Waals surface area (Å²) in [4.78, 5) is 31.0. The molecule has 2 aromatic heterocycles. The number of likely N-dealkylation sites (tertiary alicyclic amines) is 1. The highest BCUT2D eigenvalue weighted by Crippen LogP contribution is 2.33. The van der Waals surface area contributed by atoms with Crippen LogP contribution in [0.3, 0.4) is 0 Å². The van der Waals surface area contributed by atoms with Crippen molar-refractivity contribution in [3.8, 4) is 0 Å². The van der Waals surface area contributed by atoms with Crippen molar-refractivity contribution in [1.29, 1.82) is 0 Å². The van der Waals surface area contributed by atoms with Crippen molar-refractivity contribution in [2.24, 2.45) is 7.05 Å². The van der Waals surface area contributed by atoms with E-state index in [0.29, 0.717) is 32.4 Å². The van der Waals surface area contributed by atoms with Gasteiger partial charge < -0.3 is 15.0 Å². The van der Waals surface area contributed by atoms with E-state index < -0.39 is 24.1 Å². The number of carbonyl (C=O) groups excluding carboxylic acids is 2. The van der Waals surface area contributed by atoms with E-state index in [1.54, 1.807) is 23.4 Å². The van der Waals surface area contributed by atoms with Gasteiger partial charge >= 0.3 is 0 Å². The second-order valence-corrected chi connectivity index (χ2v) is 7.58. The fourth-order valence-electron chi connectivity index (χ4n) is 4.16. The highest BCUT2D eigenvalue weighted by molar-refractivity contribution is 5.95. The zero-order chi connectivity index (χ0) is 21.3. The summed E-state index contributed by atoms with van der Waals surface area (Å²) in [5.74, 6) is -0.664. The number of alkyl halides is 2. The average molecular weight is 419 g/mol. The van der Waals surface area contributed by atoms with E-state index >= 15 is 0 Å². The first-order valence-corrected chi connectivity index (χ1v) is 9.88. The zero-order valence-electron chi connectivity index (χ0n) is 16.5. The summed E-state index contributed by atoms with van der Waals surface area (Å²) in [6, 6.07) is 3.44. The summed E-state index contributed by atoms with van der Waals surface area (Å²) >= 11 is 0. The van der Waals surface area contributed by atoms with Crippen LogP contribution < -0.4 is 5.32 Å². The van der Waals surface area contributed by atoms with Gasteiger partial charge in [0.25, 0.3) is 12.3 Å². The molecule has 2 saturated heterocycles. The number of hydrogen-bond donors (Lipinski definition) is 1. The third-order valence-electron chi connectivity index (χ3n) is 5.58. The van der Waals surface area contributed by atoms with E-state index in [4.69, 9.17) is 4.74 Å². The van der Waals surface area contributed by atoms with Gasteiger partial charge in [0, 0.05) is 38.7 Å². The Morgan fingerprint density at radius 1 is 1.33 bits per heavy atom. The predicted octanol–water partition coefficient (Wildman–Crippen LogP) is 1.83. The minimum atomic E-state index is -2.82. The fourth-order valence-corrected chi connectivity index (χ4v) is 4.16. The number of amides is 2. The van der Waals surface area contributed by atoms with Crippen LogP contribution in [0.2, 0.25) is 0 Å². The van der Waals surface area contributed by atoms with Crippen LogP contribution in [0.5, 0.6) is 0 Å². The molecule has 4 rings (SSSR count). The van der Waals surface area contributed by atoms with E-state index in [1.807, 2.05) is 6.07 Å². The van der Waals surface area contributed by atoms with E-state index in [-0.39, 0.29) is 23.6 Å². The van der Waals surface area contributed by atoms with E-state index in [2.05, 4.69) is 15.4 Å². The van der Waals surface area contributed by atoms with Crippen molar-refractivity contribution in [1.82, 2.24) is 25.0 Å². The van der Waals surface area contributed by atoms with Crippen LogP contribution >= 0.6 is 0 Å².